The molecule has 1 aromatic rings. The molecule has 1 aliphatic heterocycles. The third-order valence-corrected chi connectivity index (χ3v) is 4.69. The number of halogens is 1. The Hall–Kier alpha value is -1.40. The summed E-state index contributed by atoms with van der Waals surface area (Å²) in [5, 5.41) is 14.9. The lowest BCUT2D eigenvalue weighted by Crippen LogP contribution is -2.33. The van der Waals surface area contributed by atoms with Crippen LogP contribution in [0.1, 0.15) is 23.2 Å². The van der Waals surface area contributed by atoms with Crippen molar-refractivity contribution >= 4 is 41.1 Å². The van der Waals surface area contributed by atoms with E-state index >= 15 is 0 Å². The van der Waals surface area contributed by atoms with Crippen molar-refractivity contribution in [2.24, 2.45) is 0 Å². The molecule has 0 aromatic heterocycles. The molecule has 2 amide bonds. The van der Waals surface area contributed by atoms with Crippen LogP contribution in [0.15, 0.2) is 18.2 Å². The van der Waals surface area contributed by atoms with E-state index in [1.807, 2.05) is 11.8 Å². The van der Waals surface area contributed by atoms with Crippen LogP contribution in [0.3, 0.4) is 0 Å². The van der Waals surface area contributed by atoms with Crippen molar-refractivity contribution in [2.75, 3.05) is 17.6 Å². The third kappa shape index (κ3) is 4.05. The second-order valence-electron chi connectivity index (χ2n) is 4.47. The monoisotopic (exact) mass is 314 g/mol. The van der Waals surface area contributed by atoms with Crippen LogP contribution >= 0.6 is 23.4 Å². The van der Waals surface area contributed by atoms with Gasteiger partial charge in [0.25, 0.3) is 0 Å². The third-order valence-electron chi connectivity index (χ3n) is 2.98. The van der Waals surface area contributed by atoms with Gasteiger partial charge in [-0.1, -0.05) is 11.6 Å². The number of anilines is 1. The molecule has 1 saturated heterocycles. The zero-order valence-corrected chi connectivity index (χ0v) is 12.3. The lowest BCUT2D eigenvalue weighted by molar-refractivity contribution is 0.0697. The number of hydrogen-bond acceptors (Lipinski definition) is 3. The summed E-state index contributed by atoms with van der Waals surface area (Å²) in [7, 11) is 0. The summed E-state index contributed by atoms with van der Waals surface area (Å²) < 4.78 is 0. The number of rotatable bonds is 4. The average molecular weight is 315 g/mol. The molecular weight excluding hydrogens is 300 g/mol. The highest BCUT2D eigenvalue weighted by Crippen LogP contribution is 2.25. The van der Waals surface area contributed by atoms with E-state index < -0.39 is 5.97 Å². The molecule has 20 heavy (non-hydrogen) atoms. The summed E-state index contributed by atoms with van der Waals surface area (Å²) in [6, 6.07) is 3.86. The lowest BCUT2D eigenvalue weighted by Gasteiger charge is -2.12. The normalized spacial score (nSPS) is 17.8. The van der Waals surface area contributed by atoms with Crippen molar-refractivity contribution < 1.29 is 14.7 Å². The van der Waals surface area contributed by atoms with E-state index in [9.17, 15) is 9.59 Å². The van der Waals surface area contributed by atoms with Crippen molar-refractivity contribution in [3.05, 3.63) is 28.8 Å². The largest absolute Gasteiger partial charge is 0.478 e. The molecule has 1 aromatic carbocycles. The number of hydrogen-bond donors (Lipinski definition) is 3. The number of carbonyl (C=O) groups is 2. The van der Waals surface area contributed by atoms with Crippen molar-refractivity contribution in [1.82, 2.24) is 5.32 Å². The molecule has 1 heterocycles. The highest BCUT2D eigenvalue weighted by atomic mass is 35.5. The number of carboxylic acids is 1. The number of carboxylic acid groups (broad SMARTS) is 1. The molecule has 1 unspecified atom stereocenters. The van der Waals surface area contributed by atoms with E-state index in [1.165, 1.54) is 24.6 Å². The van der Waals surface area contributed by atoms with Gasteiger partial charge in [-0.15, -0.1) is 0 Å². The zero-order valence-electron chi connectivity index (χ0n) is 10.7. The molecule has 2 rings (SSSR count). The first kappa shape index (κ1) is 15.0. The molecule has 3 N–H and O–H groups in total. The van der Waals surface area contributed by atoms with Gasteiger partial charge in [-0.25, -0.2) is 9.59 Å². The first-order valence-corrected chi connectivity index (χ1v) is 7.68. The Bertz CT molecular complexity index is 518. The van der Waals surface area contributed by atoms with E-state index in [-0.39, 0.29) is 16.6 Å². The highest BCUT2D eigenvalue weighted by molar-refractivity contribution is 8.00. The molecule has 0 radical (unpaired) electrons. The molecule has 0 bridgehead atoms. The van der Waals surface area contributed by atoms with Crippen LogP contribution in [0.2, 0.25) is 5.02 Å². The highest BCUT2D eigenvalue weighted by Gasteiger charge is 2.16. The number of thioether (sulfide) groups is 1. The molecular formula is C13H15ClN2O3S. The summed E-state index contributed by atoms with van der Waals surface area (Å²) in [6.07, 6.45) is 2.32. The molecule has 5 nitrogen and oxygen atoms in total. The van der Waals surface area contributed by atoms with Crippen LogP contribution in [-0.4, -0.2) is 34.7 Å². The topological polar surface area (TPSA) is 78.4 Å². The fourth-order valence-electron chi connectivity index (χ4n) is 1.93. The second kappa shape index (κ2) is 6.85. The van der Waals surface area contributed by atoms with Gasteiger partial charge in [0.2, 0.25) is 0 Å². The molecule has 0 aliphatic carbocycles. The van der Waals surface area contributed by atoms with E-state index in [4.69, 9.17) is 16.7 Å². The van der Waals surface area contributed by atoms with Crippen molar-refractivity contribution in [2.45, 2.75) is 18.1 Å². The van der Waals surface area contributed by atoms with Crippen LogP contribution in [0.25, 0.3) is 0 Å². The van der Waals surface area contributed by atoms with Gasteiger partial charge in [0.1, 0.15) is 0 Å². The number of nitrogens with one attached hydrogen (secondary N) is 2. The molecule has 108 valence electrons. The van der Waals surface area contributed by atoms with Crippen molar-refractivity contribution in [1.29, 1.82) is 0 Å². The van der Waals surface area contributed by atoms with Gasteiger partial charge in [-0.3, -0.25) is 0 Å². The smallest absolute Gasteiger partial charge is 0.335 e. The Labute approximate surface area is 126 Å². The molecule has 1 fully saturated rings. The maximum Gasteiger partial charge on any atom is 0.335 e. The summed E-state index contributed by atoms with van der Waals surface area (Å²) in [4.78, 5) is 22.5. The van der Waals surface area contributed by atoms with E-state index in [0.29, 0.717) is 17.5 Å². The Morgan fingerprint density at radius 2 is 2.25 bits per heavy atom. The number of benzene rings is 1. The number of amides is 2. The summed E-state index contributed by atoms with van der Waals surface area (Å²) in [5.41, 5.74) is 0.483. The lowest BCUT2D eigenvalue weighted by atomic mass is 10.2. The molecule has 0 saturated carbocycles. The van der Waals surface area contributed by atoms with E-state index in [1.54, 1.807) is 0 Å². The summed E-state index contributed by atoms with van der Waals surface area (Å²) in [6.45, 7) is 0.626. The minimum absolute atomic E-state index is 0.0864. The minimum Gasteiger partial charge on any atom is -0.478 e. The zero-order chi connectivity index (χ0) is 14.5. The SMILES string of the molecule is O=C(NCC1CCCS1)Nc1ccc(C(=O)O)cc1Cl. The van der Waals surface area contributed by atoms with E-state index in [0.717, 1.165) is 12.2 Å². The van der Waals surface area contributed by atoms with Gasteiger partial charge in [-0.05, 0) is 36.8 Å². The fourth-order valence-corrected chi connectivity index (χ4v) is 3.36. The molecule has 7 heteroatoms. The Morgan fingerprint density at radius 1 is 1.45 bits per heavy atom. The standard InChI is InChI=1S/C13H15ClN2O3S/c14-10-6-8(12(17)18)3-4-11(10)16-13(19)15-7-9-2-1-5-20-9/h3-4,6,9H,1-2,5,7H2,(H,17,18)(H2,15,16,19). The summed E-state index contributed by atoms with van der Waals surface area (Å²) >= 11 is 7.80. The maximum absolute atomic E-state index is 11.7. The van der Waals surface area contributed by atoms with Crippen LogP contribution in [-0.2, 0) is 0 Å². The number of aromatic carboxylic acids is 1. The van der Waals surface area contributed by atoms with Crippen LogP contribution in [0.4, 0.5) is 10.5 Å². The van der Waals surface area contributed by atoms with Crippen LogP contribution < -0.4 is 10.6 Å². The van der Waals surface area contributed by atoms with E-state index in [2.05, 4.69) is 10.6 Å². The first-order chi connectivity index (χ1) is 9.56. The van der Waals surface area contributed by atoms with Gasteiger partial charge in [0, 0.05) is 11.8 Å². The van der Waals surface area contributed by atoms with Crippen LogP contribution in [0, 0.1) is 0 Å². The maximum atomic E-state index is 11.7. The summed E-state index contributed by atoms with van der Waals surface area (Å²) in [5.74, 6) is 0.0948. The van der Waals surface area contributed by atoms with Gasteiger partial charge < -0.3 is 15.7 Å². The van der Waals surface area contributed by atoms with Gasteiger partial charge in [0.05, 0.1) is 16.3 Å². The minimum atomic E-state index is -1.05. The number of carbonyl (C=O) groups excluding carboxylic acids is 1. The Balaban J connectivity index is 1.88. The second-order valence-corrected chi connectivity index (χ2v) is 6.29. The van der Waals surface area contributed by atoms with Crippen molar-refractivity contribution in [3.8, 4) is 0 Å². The van der Waals surface area contributed by atoms with Crippen molar-refractivity contribution in [3.63, 3.8) is 0 Å². The Kier molecular flexibility index (Phi) is 5.14. The Morgan fingerprint density at radius 3 is 2.85 bits per heavy atom. The number of urea groups is 1. The van der Waals surface area contributed by atoms with Gasteiger partial charge >= 0.3 is 12.0 Å². The van der Waals surface area contributed by atoms with Gasteiger partial charge in [0.15, 0.2) is 0 Å². The van der Waals surface area contributed by atoms with Crippen LogP contribution in [0.5, 0.6) is 0 Å². The molecule has 1 aliphatic rings. The first-order valence-electron chi connectivity index (χ1n) is 6.25. The predicted octanol–water partition coefficient (Wildman–Crippen LogP) is 3.06. The quantitative estimate of drug-likeness (QED) is 0.798. The fraction of sp³-hybridized carbons (Fsp3) is 0.385. The molecule has 0 spiro atoms. The van der Waals surface area contributed by atoms with Gasteiger partial charge in [-0.2, -0.15) is 11.8 Å². The average Bonchev–Trinajstić information content (AvgIpc) is 2.91. The molecule has 1 atom stereocenters. The predicted molar refractivity (Wildman–Crippen MR) is 80.9 cm³/mol.